The van der Waals surface area contributed by atoms with Crippen LogP contribution < -0.4 is 30.1 Å². The van der Waals surface area contributed by atoms with Crippen LogP contribution in [0.2, 0.25) is 10.0 Å². The van der Waals surface area contributed by atoms with Crippen LogP contribution in [0, 0.1) is 66.2 Å². The minimum absolute atomic E-state index is 0.0266. The molecule has 102 heavy (non-hydrogen) atoms. The molecule has 3 saturated carbocycles. The molecule has 0 radical (unpaired) electrons. The molecule has 0 saturated heterocycles. The van der Waals surface area contributed by atoms with Gasteiger partial charge in [-0.3, -0.25) is 19.2 Å². The maximum atomic E-state index is 13.3. The fourth-order valence-corrected chi connectivity index (χ4v) is 22.0. The Morgan fingerprint density at radius 3 is 1.05 bits per heavy atom. The van der Waals surface area contributed by atoms with E-state index in [4.69, 9.17) is 38.2 Å². The second kappa shape index (κ2) is 32.8. The normalized spacial score (nSPS) is 15.3. The number of pyridine rings is 1. The largest absolute Gasteiger partial charge is 0.356 e. The molecular formula is C78H98Cl2N10O6S6. The maximum Gasteiger partial charge on any atom is 0.263 e. The summed E-state index contributed by atoms with van der Waals surface area (Å²) < 4.78 is 87.3. The quantitative estimate of drug-likeness (QED) is 0.0394. The molecule has 4 heterocycles. The summed E-state index contributed by atoms with van der Waals surface area (Å²) in [5, 5.41) is 14.3. The Hall–Kier alpha value is -6.63. The highest BCUT2D eigenvalue weighted by molar-refractivity contribution is 7.93. The molecule has 9 aromatic rings. The average Bonchev–Trinajstić information content (AvgIpc) is 1.37. The highest BCUT2D eigenvalue weighted by Gasteiger charge is 2.35. The molecule has 0 atom stereocenters. The first-order valence-corrected chi connectivity index (χ1v) is 42.9. The Labute approximate surface area is 627 Å². The summed E-state index contributed by atoms with van der Waals surface area (Å²) in [6, 6.07) is 33.8. The predicted octanol–water partition coefficient (Wildman–Crippen LogP) is 22.0. The molecule has 3 aliphatic carbocycles. The number of hydrogen-bond acceptors (Lipinski definition) is 16. The van der Waals surface area contributed by atoms with Gasteiger partial charge in [0.25, 0.3) is 30.1 Å². The van der Waals surface area contributed by atoms with E-state index in [2.05, 4.69) is 76.6 Å². The fourth-order valence-electron chi connectivity index (χ4n) is 14.1. The van der Waals surface area contributed by atoms with Gasteiger partial charge in [-0.05, 0) is 223 Å². The molecule has 0 aliphatic heterocycles. The Morgan fingerprint density at radius 1 is 0.373 bits per heavy atom. The van der Waals surface area contributed by atoms with E-state index in [9.17, 15) is 25.3 Å². The number of benzene rings is 5. The van der Waals surface area contributed by atoms with Gasteiger partial charge in [0.2, 0.25) is 0 Å². The third-order valence-electron chi connectivity index (χ3n) is 20.3. The Morgan fingerprint density at radius 2 is 0.686 bits per heavy atom. The third kappa shape index (κ3) is 19.3. The zero-order valence-corrected chi connectivity index (χ0v) is 67.2. The molecule has 3 fully saturated rings. The van der Waals surface area contributed by atoms with Gasteiger partial charge < -0.3 is 16.0 Å². The lowest BCUT2D eigenvalue weighted by molar-refractivity contribution is 0.258. The van der Waals surface area contributed by atoms with Crippen molar-refractivity contribution >= 4 is 120 Å². The number of aryl methyl sites for hydroxylation is 7. The van der Waals surface area contributed by atoms with Gasteiger partial charge in [-0.2, -0.15) is 0 Å². The minimum Gasteiger partial charge on any atom is -0.356 e. The van der Waals surface area contributed by atoms with Gasteiger partial charge in [-0.25, -0.2) is 40.2 Å². The number of anilines is 6. The Bertz CT molecular complexity index is 4310. The molecule has 0 amide bonds. The SMILES string of the molecule is Cc1ccc(-c2sc(NC(C)(C)C3CCCCC3)nc2C)cc1S(=O)(=O)Nc1ccccc1Cl.Cc1ccccc1NS(=O)(=O)c1cc(-c2sc(NC(C)(C)C3CCCCC3)nc2C)ccc1C.Cc1ncc(-c2sc(NC(C)(C)C3CCCCC3)nc2C)cc1S(=O)(=O)Nc1ccccc1Cl. The molecule has 6 N–H and O–H groups in total. The lowest BCUT2D eigenvalue weighted by Crippen LogP contribution is -2.40. The van der Waals surface area contributed by atoms with E-state index in [0.29, 0.717) is 61.7 Å². The number of thiazole rings is 3. The van der Waals surface area contributed by atoms with Gasteiger partial charge in [0.1, 0.15) is 4.90 Å². The Balaban J connectivity index is 0.000000165. The summed E-state index contributed by atoms with van der Waals surface area (Å²) in [4.78, 5) is 22.2. The second-order valence-corrected chi connectivity index (χ2v) is 38.0. The number of nitrogens with zero attached hydrogens (tertiary/aromatic N) is 4. The number of aromatic nitrogens is 4. The number of nitrogens with one attached hydrogen (secondary N) is 6. The van der Waals surface area contributed by atoms with Crippen LogP contribution in [0.25, 0.3) is 31.3 Å². The molecule has 4 aromatic heterocycles. The molecule has 546 valence electrons. The van der Waals surface area contributed by atoms with Gasteiger partial charge in [-0.15, -0.1) is 0 Å². The number of sulfonamides is 3. The second-order valence-electron chi connectivity index (χ2n) is 29.2. The maximum absolute atomic E-state index is 13.3. The summed E-state index contributed by atoms with van der Waals surface area (Å²) in [6.45, 7) is 26.7. The lowest BCUT2D eigenvalue weighted by atomic mass is 9.77. The zero-order chi connectivity index (χ0) is 73.5. The van der Waals surface area contributed by atoms with Gasteiger partial charge in [0.15, 0.2) is 15.4 Å². The molecule has 0 bridgehead atoms. The van der Waals surface area contributed by atoms with Gasteiger partial charge in [-0.1, -0.05) is 182 Å². The van der Waals surface area contributed by atoms with E-state index < -0.39 is 30.1 Å². The van der Waals surface area contributed by atoms with Gasteiger partial charge in [0.05, 0.1) is 74.3 Å². The van der Waals surface area contributed by atoms with Crippen molar-refractivity contribution in [1.82, 2.24) is 19.9 Å². The van der Waals surface area contributed by atoms with E-state index in [1.165, 1.54) is 108 Å². The molecule has 12 rings (SSSR count). The van der Waals surface area contributed by atoms with Crippen LogP contribution >= 0.6 is 57.2 Å². The van der Waals surface area contributed by atoms with Crippen molar-refractivity contribution in [2.45, 2.75) is 218 Å². The first-order valence-electron chi connectivity index (χ1n) is 35.3. The van der Waals surface area contributed by atoms with Crippen molar-refractivity contribution in [3.8, 4) is 31.3 Å². The van der Waals surface area contributed by atoms with Crippen LogP contribution in [0.5, 0.6) is 0 Å². The van der Waals surface area contributed by atoms with Crippen LogP contribution in [0.3, 0.4) is 0 Å². The Kier molecular flexibility index (Phi) is 25.1. The van der Waals surface area contributed by atoms with Crippen molar-refractivity contribution in [2.24, 2.45) is 17.8 Å². The number of hydrogen-bond donors (Lipinski definition) is 6. The summed E-state index contributed by atoms with van der Waals surface area (Å²) in [5.41, 5.74) is 8.93. The summed E-state index contributed by atoms with van der Waals surface area (Å²) >= 11 is 17.0. The summed E-state index contributed by atoms with van der Waals surface area (Å²) in [6.07, 6.45) is 20.9. The summed E-state index contributed by atoms with van der Waals surface area (Å²) in [7, 11) is -11.4. The number of halogens is 2. The van der Waals surface area contributed by atoms with Crippen LogP contribution in [0.4, 0.5) is 32.5 Å². The monoisotopic (exact) mass is 1530 g/mol. The number of rotatable bonds is 21. The first kappa shape index (κ1) is 78.0. The van der Waals surface area contributed by atoms with Crippen molar-refractivity contribution in [1.29, 1.82) is 0 Å². The van der Waals surface area contributed by atoms with E-state index >= 15 is 0 Å². The van der Waals surface area contributed by atoms with E-state index in [-0.39, 0.29) is 31.3 Å². The predicted molar refractivity (Wildman–Crippen MR) is 428 cm³/mol. The van der Waals surface area contributed by atoms with Gasteiger partial charge in [0, 0.05) is 28.4 Å². The molecule has 24 heteroatoms. The molecule has 3 aliphatic rings. The van der Waals surface area contributed by atoms with E-state index in [0.717, 1.165) is 69.4 Å². The molecular weight excluding hydrogens is 1440 g/mol. The highest BCUT2D eigenvalue weighted by atomic mass is 35.5. The van der Waals surface area contributed by atoms with E-state index in [1.807, 2.05) is 77.1 Å². The van der Waals surface area contributed by atoms with Crippen LogP contribution in [-0.2, 0) is 30.1 Å². The molecule has 0 spiro atoms. The van der Waals surface area contributed by atoms with Gasteiger partial charge >= 0.3 is 0 Å². The average molecular weight is 1540 g/mol. The van der Waals surface area contributed by atoms with Crippen LogP contribution in [0.15, 0.2) is 136 Å². The summed E-state index contributed by atoms with van der Waals surface area (Å²) in [5.74, 6) is 1.88. The van der Waals surface area contributed by atoms with Crippen molar-refractivity contribution in [3.63, 3.8) is 0 Å². The molecule has 0 unspecified atom stereocenters. The highest BCUT2D eigenvalue weighted by Crippen LogP contribution is 2.44. The van der Waals surface area contributed by atoms with Crippen LogP contribution in [0.1, 0.15) is 177 Å². The number of para-hydroxylation sites is 3. The smallest absolute Gasteiger partial charge is 0.263 e. The van der Waals surface area contributed by atoms with Crippen molar-refractivity contribution in [2.75, 3.05) is 30.1 Å². The van der Waals surface area contributed by atoms with Crippen molar-refractivity contribution < 1.29 is 25.3 Å². The minimum atomic E-state index is -3.87. The van der Waals surface area contributed by atoms with E-state index in [1.54, 1.807) is 116 Å². The lowest BCUT2D eigenvalue weighted by Gasteiger charge is -2.37. The molecule has 5 aromatic carbocycles. The topological polar surface area (TPSA) is 226 Å². The third-order valence-corrected chi connectivity index (χ3v) is 28.8. The van der Waals surface area contributed by atoms with Crippen LogP contribution in [-0.4, -0.2) is 61.8 Å². The van der Waals surface area contributed by atoms with Crippen molar-refractivity contribution in [3.05, 3.63) is 171 Å². The standard InChI is InChI=1S/C27H35N3O2S2.C26H32ClN3O2S2.C25H31ClN4O2S2/c1-18-11-9-10-14-23(18)30-34(31,32)24-17-21(16-15-19(24)2)25-20(3)28-26(33-25)29-27(4,5)22-12-7-6-8-13-22;1-17-14-15-19(16-23(17)34(31,32)30-22-13-9-8-12-21(22)27)24-18(2)28-25(33-24)29-26(3,4)20-10-6-5-7-11-20;1-16-22(34(31,32)30-21-13-9-8-12-20(21)26)14-18(15-27-16)23-17(2)28-24(33-23)29-25(3,4)19-10-6-5-7-11-19/h9-11,14-17,22,30H,6-8,12-13H2,1-5H3,(H,28,29);8-9,12-16,20,30H,5-7,10-11H2,1-4H3,(H,28,29);8-9,12-15,19,30H,5-7,10-11H2,1-4H3,(H,28,29). The fraction of sp³-hybridized carbons (Fsp3) is 0.436. The molecule has 16 nitrogen and oxygen atoms in total. The zero-order valence-electron chi connectivity index (χ0n) is 60.8. The first-order chi connectivity index (χ1) is 48.2.